The molecule has 0 atom stereocenters. The van der Waals surface area contributed by atoms with Gasteiger partial charge >= 0.3 is 5.76 Å². The molecule has 4 aromatic rings. The highest BCUT2D eigenvalue weighted by Crippen LogP contribution is 2.30. The highest BCUT2D eigenvalue weighted by Gasteiger charge is 2.18. The van der Waals surface area contributed by atoms with Crippen LogP contribution in [0.1, 0.15) is 22.3 Å². The molecule has 0 radical (unpaired) electrons. The molecule has 14 heteroatoms. The smallest absolute Gasteiger partial charge is 0.392 e. The largest absolute Gasteiger partial charge is 0.434 e. The second-order valence-corrected chi connectivity index (χ2v) is 8.08. The van der Waals surface area contributed by atoms with Crippen LogP contribution in [0.3, 0.4) is 0 Å². The number of hydrogen-bond donors (Lipinski definition) is 4. The van der Waals surface area contributed by atoms with Crippen LogP contribution in [0.4, 0.5) is 11.4 Å². The van der Waals surface area contributed by atoms with Crippen molar-refractivity contribution >= 4 is 55.0 Å². The summed E-state index contributed by atoms with van der Waals surface area (Å²) in [4.78, 5) is 43.0. The average molecular weight is 567 g/mol. The molecule has 0 aliphatic heterocycles. The van der Waals surface area contributed by atoms with Crippen molar-refractivity contribution in [1.29, 1.82) is 0 Å². The molecular formula is C18H13Br2N7O5. The standard InChI is InChI=1S/C18H13Br2N7O5/c1-7-21-16(27-32-7)9-4-8(22-13(28)6-14-25-26-18(30)31-14)2-3-11(9)24-17(29)12-5-10(19)15(20)23-12/h2-5,23H,6H2,1H3,(H,22,28)(H,24,29)(H,26,30). The third-order valence-corrected chi connectivity index (χ3v) is 5.87. The molecule has 4 rings (SSSR count). The number of nitrogens with one attached hydrogen (secondary N) is 4. The van der Waals surface area contributed by atoms with Gasteiger partial charge in [0, 0.05) is 18.2 Å². The Balaban J connectivity index is 1.59. The van der Waals surface area contributed by atoms with E-state index >= 15 is 0 Å². The number of carbonyl (C=O) groups is 2. The van der Waals surface area contributed by atoms with Crippen molar-refractivity contribution in [3.05, 3.63) is 61.4 Å². The van der Waals surface area contributed by atoms with Crippen molar-refractivity contribution in [3.63, 3.8) is 0 Å². The summed E-state index contributed by atoms with van der Waals surface area (Å²) < 4.78 is 11.1. The number of aryl methyl sites for hydroxylation is 1. The highest BCUT2D eigenvalue weighted by molar-refractivity contribution is 9.13. The van der Waals surface area contributed by atoms with Crippen LogP contribution in [0.2, 0.25) is 0 Å². The quantitative estimate of drug-likeness (QED) is 0.275. The van der Waals surface area contributed by atoms with E-state index in [0.29, 0.717) is 37.6 Å². The number of anilines is 2. The predicted molar refractivity (Wildman–Crippen MR) is 118 cm³/mol. The molecule has 1 aromatic carbocycles. The maximum absolute atomic E-state index is 12.7. The third kappa shape index (κ3) is 4.86. The summed E-state index contributed by atoms with van der Waals surface area (Å²) in [6, 6.07) is 6.39. The molecule has 164 valence electrons. The van der Waals surface area contributed by atoms with E-state index in [1.54, 1.807) is 31.2 Å². The first-order valence-corrected chi connectivity index (χ1v) is 10.5. The monoisotopic (exact) mass is 565 g/mol. The van der Waals surface area contributed by atoms with Gasteiger partial charge in [0.2, 0.25) is 23.5 Å². The Morgan fingerprint density at radius 2 is 2.00 bits per heavy atom. The fourth-order valence-electron chi connectivity index (χ4n) is 2.72. The minimum absolute atomic E-state index is 0.0475. The fraction of sp³-hybridized carbons (Fsp3) is 0.111. The lowest BCUT2D eigenvalue weighted by molar-refractivity contribution is -0.115. The number of H-pyrrole nitrogens is 2. The summed E-state index contributed by atoms with van der Waals surface area (Å²) in [6.07, 6.45) is -0.246. The minimum Gasteiger partial charge on any atom is -0.392 e. The van der Waals surface area contributed by atoms with Crippen LogP contribution in [-0.2, 0) is 11.2 Å². The Morgan fingerprint density at radius 1 is 1.19 bits per heavy atom. The van der Waals surface area contributed by atoms with E-state index in [9.17, 15) is 14.4 Å². The van der Waals surface area contributed by atoms with Crippen molar-refractivity contribution in [2.45, 2.75) is 13.3 Å². The van der Waals surface area contributed by atoms with Crippen LogP contribution >= 0.6 is 31.9 Å². The minimum atomic E-state index is -0.746. The maximum atomic E-state index is 12.7. The molecule has 12 nitrogen and oxygen atoms in total. The molecule has 0 aliphatic rings. The first-order valence-electron chi connectivity index (χ1n) is 8.93. The fourth-order valence-corrected chi connectivity index (χ4v) is 3.38. The number of rotatable bonds is 6. The summed E-state index contributed by atoms with van der Waals surface area (Å²) in [5.41, 5.74) is 1.53. The molecule has 0 unspecified atom stereocenters. The number of amides is 2. The van der Waals surface area contributed by atoms with E-state index in [1.807, 2.05) is 0 Å². The van der Waals surface area contributed by atoms with Crippen LogP contribution < -0.4 is 16.4 Å². The van der Waals surface area contributed by atoms with Gasteiger partial charge in [-0.05, 0) is 56.1 Å². The number of nitrogens with zero attached hydrogens (tertiary/aromatic N) is 3. The average Bonchev–Trinajstić information content (AvgIpc) is 3.44. The Morgan fingerprint density at radius 3 is 2.62 bits per heavy atom. The van der Waals surface area contributed by atoms with Crippen molar-refractivity contribution < 1.29 is 18.5 Å². The van der Waals surface area contributed by atoms with E-state index in [0.717, 1.165) is 0 Å². The topological polar surface area (TPSA) is 172 Å². The number of carbonyl (C=O) groups excluding carboxylic acids is 2. The van der Waals surface area contributed by atoms with Crippen molar-refractivity contribution in [2.24, 2.45) is 0 Å². The molecule has 2 amide bonds. The van der Waals surface area contributed by atoms with Gasteiger partial charge < -0.3 is 24.6 Å². The van der Waals surface area contributed by atoms with Gasteiger partial charge in [-0.2, -0.15) is 4.98 Å². The number of aromatic amines is 2. The van der Waals surface area contributed by atoms with Crippen LogP contribution in [0.5, 0.6) is 0 Å². The van der Waals surface area contributed by atoms with E-state index in [-0.39, 0.29) is 18.1 Å². The zero-order valence-electron chi connectivity index (χ0n) is 16.2. The van der Waals surface area contributed by atoms with E-state index in [1.165, 1.54) is 0 Å². The van der Waals surface area contributed by atoms with Crippen molar-refractivity contribution in [2.75, 3.05) is 10.6 Å². The van der Waals surface area contributed by atoms with Gasteiger partial charge in [0.1, 0.15) is 12.1 Å². The van der Waals surface area contributed by atoms with E-state index < -0.39 is 17.6 Å². The lowest BCUT2D eigenvalue weighted by atomic mass is 10.1. The SMILES string of the molecule is Cc1nc(-c2cc(NC(=O)Cc3n[nH]c(=O)o3)ccc2NC(=O)c2cc(Br)c(Br)[nH]2)no1. The number of halogens is 2. The van der Waals surface area contributed by atoms with Crippen molar-refractivity contribution in [1.82, 2.24) is 25.3 Å². The van der Waals surface area contributed by atoms with Gasteiger partial charge in [-0.25, -0.2) is 9.89 Å². The molecule has 3 heterocycles. The van der Waals surface area contributed by atoms with Gasteiger partial charge in [-0.1, -0.05) is 5.16 Å². The summed E-state index contributed by atoms with van der Waals surface area (Å²) in [6.45, 7) is 1.63. The van der Waals surface area contributed by atoms with Gasteiger partial charge in [0.25, 0.3) is 5.91 Å². The normalized spacial score (nSPS) is 10.8. The lowest BCUT2D eigenvalue weighted by Gasteiger charge is -2.11. The van der Waals surface area contributed by atoms with Gasteiger partial charge in [-0.15, -0.1) is 5.10 Å². The molecule has 0 saturated carbocycles. The van der Waals surface area contributed by atoms with Crippen LogP contribution in [0, 0.1) is 6.92 Å². The summed E-state index contributed by atoms with van der Waals surface area (Å²) in [5, 5.41) is 15.0. The molecule has 4 N–H and O–H groups in total. The second kappa shape index (κ2) is 8.92. The highest BCUT2D eigenvalue weighted by atomic mass is 79.9. The Hall–Kier alpha value is -3.52. The first kappa shape index (κ1) is 21.7. The Kier molecular flexibility index (Phi) is 6.05. The van der Waals surface area contributed by atoms with Crippen molar-refractivity contribution in [3.8, 4) is 11.4 Å². The first-order chi connectivity index (χ1) is 15.3. The Bertz CT molecular complexity index is 1350. The van der Waals surface area contributed by atoms with Crippen LogP contribution in [0.15, 0.2) is 47.1 Å². The molecule has 0 fully saturated rings. The summed E-state index contributed by atoms with van der Waals surface area (Å²) in [7, 11) is 0. The third-order valence-electron chi connectivity index (χ3n) is 4.08. The molecule has 0 spiro atoms. The van der Waals surface area contributed by atoms with Crippen LogP contribution in [0.25, 0.3) is 11.4 Å². The Labute approximate surface area is 195 Å². The lowest BCUT2D eigenvalue weighted by Crippen LogP contribution is -2.16. The number of aromatic nitrogens is 5. The molecule has 3 aromatic heterocycles. The molecule has 32 heavy (non-hydrogen) atoms. The number of benzene rings is 1. The zero-order chi connectivity index (χ0) is 22.8. The van der Waals surface area contributed by atoms with Gasteiger partial charge in [0.05, 0.1) is 14.8 Å². The maximum Gasteiger partial charge on any atom is 0.434 e. The summed E-state index contributed by atoms with van der Waals surface area (Å²) >= 11 is 6.62. The second-order valence-electron chi connectivity index (χ2n) is 6.43. The van der Waals surface area contributed by atoms with E-state index in [4.69, 9.17) is 8.94 Å². The van der Waals surface area contributed by atoms with Gasteiger partial charge in [0.15, 0.2) is 0 Å². The van der Waals surface area contributed by atoms with Gasteiger partial charge in [-0.3, -0.25) is 9.59 Å². The van der Waals surface area contributed by atoms with Crippen LogP contribution in [-0.4, -0.2) is 37.1 Å². The van der Waals surface area contributed by atoms with E-state index in [2.05, 4.69) is 67.8 Å². The molecular weight excluding hydrogens is 554 g/mol. The molecule has 0 bridgehead atoms. The molecule has 0 saturated heterocycles. The summed E-state index contributed by atoms with van der Waals surface area (Å²) in [5.74, 6) is -1.10. The zero-order valence-corrected chi connectivity index (χ0v) is 19.3. The number of hydrogen-bond acceptors (Lipinski definition) is 8. The molecule has 0 aliphatic carbocycles. The predicted octanol–water partition coefficient (Wildman–Crippen LogP) is 3.01.